The number of nitrogens with zero attached hydrogens (tertiary/aromatic N) is 2. The Morgan fingerprint density at radius 2 is 2.29 bits per heavy atom. The smallest absolute Gasteiger partial charge is 0.272 e. The lowest BCUT2D eigenvalue weighted by atomic mass is 9.98. The Kier molecular flexibility index (Phi) is 2.21. The molecule has 0 unspecified atom stereocenters. The Morgan fingerprint density at radius 3 is 3.00 bits per heavy atom. The first kappa shape index (κ1) is 9.15. The minimum Gasteiger partial charge on any atom is -0.302 e. The summed E-state index contributed by atoms with van der Waals surface area (Å²) in [6, 6.07) is 5.32. The maximum atomic E-state index is 10.7. The first-order chi connectivity index (χ1) is 6.68. The van der Waals surface area contributed by atoms with Crippen molar-refractivity contribution in [2.75, 3.05) is 13.6 Å². The van der Waals surface area contributed by atoms with Gasteiger partial charge >= 0.3 is 0 Å². The standard InChI is InChI=1S/C10H12N2O2/c1-11-6-5-9-8(7-11)3-2-4-10(9)12(13)14/h2-4H,5-7H2,1H3. The van der Waals surface area contributed by atoms with Gasteiger partial charge in [0.05, 0.1) is 4.92 Å². The number of hydrogen-bond donors (Lipinski definition) is 0. The van der Waals surface area contributed by atoms with E-state index in [0.29, 0.717) is 0 Å². The van der Waals surface area contributed by atoms with Crippen molar-refractivity contribution in [3.8, 4) is 0 Å². The van der Waals surface area contributed by atoms with Crippen LogP contribution in [0, 0.1) is 10.1 Å². The van der Waals surface area contributed by atoms with Crippen molar-refractivity contribution in [1.82, 2.24) is 4.90 Å². The maximum absolute atomic E-state index is 10.7. The van der Waals surface area contributed by atoms with Gasteiger partial charge in [-0.1, -0.05) is 12.1 Å². The first-order valence-electron chi connectivity index (χ1n) is 4.62. The number of nitro benzene ring substituents is 1. The van der Waals surface area contributed by atoms with Gasteiger partial charge in [-0.15, -0.1) is 0 Å². The maximum Gasteiger partial charge on any atom is 0.272 e. The fraction of sp³-hybridized carbons (Fsp3) is 0.400. The van der Waals surface area contributed by atoms with Crippen LogP contribution in [0.25, 0.3) is 0 Å². The van der Waals surface area contributed by atoms with E-state index < -0.39 is 0 Å². The van der Waals surface area contributed by atoms with Gasteiger partial charge in [0.1, 0.15) is 0 Å². The van der Waals surface area contributed by atoms with Crippen LogP contribution in [0.2, 0.25) is 0 Å². The van der Waals surface area contributed by atoms with E-state index in [9.17, 15) is 10.1 Å². The molecule has 0 amide bonds. The van der Waals surface area contributed by atoms with E-state index in [0.717, 1.165) is 30.6 Å². The van der Waals surface area contributed by atoms with Crippen molar-refractivity contribution in [3.63, 3.8) is 0 Å². The quantitative estimate of drug-likeness (QED) is 0.501. The molecule has 14 heavy (non-hydrogen) atoms. The molecule has 0 fully saturated rings. The normalized spacial score (nSPS) is 16.4. The molecule has 4 heteroatoms. The number of nitro groups is 1. The summed E-state index contributed by atoms with van der Waals surface area (Å²) in [6.07, 6.45) is 0.781. The van der Waals surface area contributed by atoms with Gasteiger partial charge < -0.3 is 4.90 Å². The number of hydrogen-bond acceptors (Lipinski definition) is 3. The summed E-state index contributed by atoms with van der Waals surface area (Å²) < 4.78 is 0. The largest absolute Gasteiger partial charge is 0.302 e. The molecule has 0 radical (unpaired) electrons. The predicted octanol–water partition coefficient (Wildman–Crippen LogP) is 1.58. The van der Waals surface area contributed by atoms with Crippen LogP contribution in [-0.2, 0) is 13.0 Å². The number of fused-ring (bicyclic) bond motifs is 1. The molecule has 1 aliphatic heterocycles. The Balaban J connectivity index is 2.46. The molecular formula is C10H12N2O2. The van der Waals surface area contributed by atoms with Crippen molar-refractivity contribution in [2.45, 2.75) is 13.0 Å². The molecule has 2 rings (SSSR count). The number of likely N-dealkylation sites (N-methyl/N-ethyl adjacent to an activating group) is 1. The molecule has 0 bridgehead atoms. The Morgan fingerprint density at radius 1 is 1.50 bits per heavy atom. The van der Waals surface area contributed by atoms with Gasteiger partial charge in [0.15, 0.2) is 0 Å². The minimum atomic E-state index is -0.288. The Hall–Kier alpha value is -1.42. The number of rotatable bonds is 1. The molecule has 0 N–H and O–H groups in total. The van der Waals surface area contributed by atoms with E-state index in [-0.39, 0.29) is 10.6 Å². The van der Waals surface area contributed by atoms with Crippen molar-refractivity contribution < 1.29 is 4.92 Å². The summed E-state index contributed by atoms with van der Waals surface area (Å²) in [7, 11) is 2.03. The third-order valence-electron chi connectivity index (χ3n) is 2.63. The van der Waals surface area contributed by atoms with Crippen LogP contribution in [0.15, 0.2) is 18.2 Å². The van der Waals surface area contributed by atoms with Gasteiger partial charge in [0.25, 0.3) is 5.69 Å². The minimum absolute atomic E-state index is 0.274. The molecule has 1 aromatic rings. The molecule has 4 nitrogen and oxygen atoms in total. The second-order valence-corrected chi connectivity index (χ2v) is 3.66. The summed E-state index contributed by atoms with van der Waals surface area (Å²) in [6.45, 7) is 1.72. The van der Waals surface area contributed by atoms with Gasteiger partial charge in [0.2, 0.25) is 0 Å². The topological polar surface area (TPSA) is 46.4 Å². The molecular weight excluding hydrogens is 180 g/mol. The van der Waals surface area contributed by atoms with Gasteiger partial charge in [-0.3, -0.25) is 10.1 Å². The lowest BCUT2D eigenvalue weighted by Crippen LogP contribution is -2.26. The average molecular weight is 192 g/mol. The molecule has 0 saturated carbocycles. The van der Waals surface area contributed by atoms with Crippen LogP contribution in [0.3, 0.4) is 0 Å². The highest BCUT2D eigenvalue weighted by Gasteiger charge is 2.21. The lowest BCUT2D eigenvalue weighted by molar-refractivity contribution is -0.385. The molecule has 0 aliphatic carbocycles. The molecule has 74 valence electrons. The van der Waals surface area contributed by atoms with E-state index in [2.05, 4.69) is 4.90 Å². The van der Waals surface area contributed by atoms with Gasteiger partial charge in [-0.25, -0.2) is 0 Å². The fourth-order valence-corrected chi connectivity index (χ4v) is 1.90. The zero-order valence-corrected chi connectivity index (χ0v) is 8.06. The van der Waals surface area contributed by atoms with Gasteiger partial charge in [-0.05, 0) is 19.0 Å². The molecule has 0 saturated heterocycles. The molecule has 1 aromatic carbocycles. The second kappa shape index (κ2) is 3.38. The second-order valence-electron chi connectivity index (χ2n) is 3.66. The van der Waals surface area contributed by atoms with Crippen LogP contribution in [0.4, 0.5) is 5.69 Å². The Labute approximate surface area is 82.3 Å². The van der Waals surface area contributed by atoms with Crippen LogP contribution in [-0.4, -0.2) is 23.4 Å². The van der Waals surface area contributed by atoms with E-state index in [1.165, 1.54) is 0 Å². The monoisotopic (exact) mass is 192 g/mol. The summed E-state index contributed by atoms with van der Waals surface area (Å²) in [4.78, 5) is 12.6. The van der Waals surface area contributed by atoms with Crippen molar-refractivity contribution >= 4 is 5.69 Å². The molecule has 1 heterocycles. The zero-order chi connectivity index (χ0) is 10.1. The van der Waals surface area contributed by atoms with E-state index in [4.69, 9.17) is 0 Å². The highest BCUT2D eigenvalue weighted by molar-refractivity contribution is 5.46. The average Bonchev–Trinajstić information content (AvgIpc) is 2.16. The molecule has 0 aromatic heterocycles. The molecule has 1 aliphatic rings. The predicted molar refractivity (Wildman–Crippen MR) is 53.1 cm³/mol. The van der Waals surface area contributed by atoms with Crippen LogP contribution in [0.5, 0.6) is 0 Å². The third kappa shape index (κ3) is 1.48. The molecule has 0 atom stereocenters. The zero-order valence-electron chi connectivity index (χ0n) is 8.06. The SMILES string of the molecule is CN1CCc2c(cccc2[N+](=O)[O-])C1. The summed E-state index contributed by atoms with van der Waals surface area (Å²) >= 11 is 0. The summed E-state index contributed by atoms with van der Waals surface area (Å²) in [5.41, 5.74) is 2.28. The van der Waals surface area contributed by atoms with Crippen LogP contribution >= 0.6 is 0 Å². The highest BCUT2D eigenvalue weighted by atomic mass is 16.6. The summed E-state index contributed by atoms with van der Waals surface area (Å²) in [5.74, 6) is 0. The summed E-state index contributed by atoms with van der Waals surface area (Å²) in [5, 5.41) is 10.7. The van der Waals surface area contributed by atoms with Crippen LogP contribution in [0.1, 0.15) is 11.1 Å². The van der Waals surface area contributed by atoms with Gasteiger partial charge in [-0.2, -0.15) is 0 Å². The van der Waals surface area contributed by atoms with E-state index in [1.807, 2.05) is 13.1 Å². The molecule has 0 spiro atoms. The van der Waals surface area contributed by atoms with Crippen molar-refractivity contribution in [3.05, 3.63) is 39.4 Å². The van der Waals surface area contributed by atoms with E-state index in [1.54, 1.807) is 12.1 Å². The fourth-order valence-electron chi connectivity index (χ4n) is 1.90. The van der Waals surface area contributed by atoms with E-state index >= 15 is 0 Å². The highest BCUT2D eigenvalue weighted by Crippen LogP contribution is 2.26. The Bertz CT molecular complexity index is 376. The lowest BCUT2D eigenvalue weighted by Gasteiger charge is -2.24. The van der Waals surface area contributed by atoms with Crippen molar-refractivity contribution in [2.24, 2.45) is 0 Å². The van der Waals surface area contributed by atoms with Gasteiger partial charge in [0, 0.05) is 24.7 Å². The third-order valence-corrected chi connectivity index (χ3v) is 2.63. The first-order valence-corrected chi connectivity index (χ1v) is 4.62. The van der Waals surface area contributed by atoms with Crippen LogP contribution < -0.4 is 0 Å². The van der Waals surface area contributed by atoms with Crippen molar-refractivity contribution in [1.29, 1.82) is 0 Å². The number of benzene rings is 1.